The molecule has 13 nitrogen and oxygen atoms in total. The predicted octanol–water partition coefficient (Wildman–Crippen LogP) is -5.41. The number of hydrogen-bond acceptors (Lipinski definition) is 12. The number of nitrogens with one attached hydrogen (secondary N) is 2. The Bertz CT molecular complexity index is 1970. The summed E-state index contributed by atoms with van der Waals surface area (Å²) in [6.07, 6.45) is 3.09. The number of allylic oxidation sites excluding steroid dienone is 3. The third-order valence-electron chi connectivity index (χ3n) is 6.15. The van der Waals surface area contributed by atoms with Crippen LogP contribution in [0.2, 0.25) is 0 Å². The molecule has 0 amide bonds. The summed E-state index contributed by atoms with van der Waals surface area (Å²) in [5, 5.41) is 32.5. The van der Waals surface area contributed by atoms with Crippen molar-refractivity contribution in [1.29, 1.82) is 0 Å². The maximum Gasteiger partial charge on any atom is 1.00 e. The van der Waals surface area contributed by atoms with Crippen LogP contribution in [0.5, 0.6) is 0 Å². The molecule has 0 radical (unpaired) electrons. The molecule has 0 aromatic heterocycles. The Morgan fingerprint density at radius 2 is 1.51 bits per heavy atom. The SMILES string of the molecule is Nc1ccc2c(c1)C(=O)C(=NNc1ccc(NN=C3C=CC(=O)C(C(=O)[O-])=C3[O-])c3ccccc13)C(S(=O)(=O)O)=C2.[Na+].[Na+]. The van der Waals surface area contributed by atoms with Crippen LogP contribution in [0.15, 0.2) is 93.2 Å². The van der Waals surface area contributed by atoms with Crippen LogP contribution in [0.4, 0.5) is 17.1 Å². The quantitative estimate of drug-likeness (QED) is 0.0510. The zero-order valence-corrected chi connectivity index (χ0v) is 27.4. The van der Waals surface area contributed by atoms with Crippen LogP contribution >= 0.6 is 0 Å². The molecule has 2 aliphatic carbocycles. The summed E-state index contributed by atoms with van der Waals surface area (Å²) in [5.41, 5.74) is 10.5. The number of aliphatic carboxylic acids is 1. The van der Waals surface area contributed by atoms with Gasteiger partial charge in [-0.25, -0.2) is 0 Å². The van der Waals surface area contributed by atoms with Gasteiger partial charge < -0.3 is 20.7 Å². The summed E-state index contributed by atoms with van der Waals surface area (Å²) < 4.78 is 33.9. The zero-order chi connectivity index (χ0) is 29.5. The topological polar surface area (TPSA) is 226 Å². The van der Waals surface area contributed by atoms with Gasteiger partial charge in [0.1, 0.15) is 4.91 Å². The zero-order valence-electron chi connectivity index (χ0n) is 22.6. The minimum Gasteiger partial charge on any atom is -0.870 e. The van der Waals surface area contributed by atoms with Gasteiger partial charge in [-0.2, -0.15) is 18.6 Å². The number of ketones is 2. The largest absolute Gasteiger partial charge is 1.00 e. The average molecular weight is 618 g/mol. The Labute approximate surface area is 288 Å². The van der Waals surface area contributed by atoms with E-state index in [0.717, 1.165) is 18.2 Å². The first-order chi connectivity index (χ1) is 19.5. The first-order valence-corrected chi connectivity index (χ1v) is 13.1. The van der Waals surface area contributed by atoms with E-state index in [0.29, 0.717) is 22.1 Å². The third kappa shape index (κ3) is 6.82. The summed E-state index contributed by atoms with van der Waals surface area (Å²) in [4.78, 5) is 35.3. The van der Waals surface area contributed by atoms with Crippen LogP contribution in [-0.2, 0) is 19.7 Å². The second-order valence-corrected chi connectivity index (χ2v) is 10.1. The van der Waals surface area contributed by atoms with E-state index in [1.807, 2.05) is 0 Å². The second-order valence-electron chi connectivity index (χ2n) is 8.74. The summed E-state index contributed by atoms with van der Waals surface area (Å²) in [6, 6.07) is 14.1. The molecule has 2 aliphatic rings. The number of hydrogen-bond donors (Lipinski definition) is 4. The van der Waals surface area contributed by atoms with E-state index in [1.165, 1.54) is 30.3 Å². The fourth-order valence-corrected chi connectivity index (χ4v) is 4.87. The number of fused-ring (bicyclic) bond motifs is 2. The Hall–Kier alpha value is -3.60. The molecule has 16 heteroatoms. The molecule has 0 fully saturated rings. The van der Waals surface area contributed by atoms with Crippen LogP contribution in [-0.4, -0.2) is 41.9 Å². The van der Waals surface area contributed by atoms with Crippen molar-refractivity contribution in [2.75, 3.05) is 16.6 Å². The number of carbonyl (C=O) groups excluding carboxylic acids is 3. The number of benzene rings is 3. The molecule has 3 aromatic carbocycles. The standard InChI is InChI=1S/C27H19N5O8S.2Na/c28-14-6-5-13-11-22(41(38,39)40)24(25(34)17(13)12-14)32-30-19-8-7-18(15-3-1-2-4-16(15)19)29-31-20-9-10-21(33)23(26(20)35)27(36)37;;/h1-12,29-30,35H,28H2,(H,36,37)(H,38,39,40);;/q;2*+1/p-2. The molecule has 0 unspecified atom stereocenters. The van der Waals surface area contributed by atoms with Crippen molar-refractivity contribution in [2.45, 2.75) is 0 Å². The van der Waals surface area contributed by atoms with Gasteiger partial charge >= 0.3 is 59.1 Å². The average Bonchev–Trinajstić information content (AvgIpc) is 2.92. The van der Waals surface area contributed by atoms with E-state index in [9.17, 15) is 37.6 Å². The molecule has 43 heavy (non-hydrogen) atoms. The smallest absolute Gasteiger partial charge is 0.870 e. The molecular formula is C27H17N5Na2O8S. The van der Waals surface area contributed by atoms with Crippen LogP contribution in [0.1, 0.15) is 15.9 Å². The van der Waals surface area contributed by atoms with Crippen LogP contribution in [0, 0.1) is 0 Å². The minimum atomic E-state index is -4.83. The molecule has 5 N–H and O–H groups in total. The molecule has 3 aromatic rings. The van der Waals surface area contributed by atoms with E-state index in [2.05, 4.69) is 21.1 Å². The first kappa shape index (κ1) is 33.9. The van der Waals surface area contributed by atoms with Gasteiger partial charge in [0.05, 0.1) is 23.1 Å². The molecule has 206 valence electrons. The molecule has 0 atom stereocenters. The number of carboxylic acid groups (broad SMARTS) is 1. The molecule has 0 spiro atoms. The molecule has 0 heterocycles. The van der Waals surface area contributed by atoms with E-state index in [4.69, 9.17) is 5.73 Å². The van der Waals surface area contributed by atoms with Crippen molar-refractivity contribution >= 4 is 73.0 Å². The Kier molecular flexibility index (Phi) is 10.5. The summed E-state index contributed by atoms with van der Waals surface area (Å²) in [5.74, 6) is -4.78. The van der Waals surface area contributed by atoms with Crippen molar-refractivity contribution in [1.82, 2.24) is 0 Å². The van der Waals surface area contributed by atoms with E-state index in [-0.39, 0.29) is 81.6 Å². The monoisotopic (exact) mass is 617 g/mol. The predicted molar refractivity (Wildman–Crippen MR) is 147 cm³/mol. The molecule has 0 saturated heterocycles. The van der Waals surface area contributed by atoms with Gasteiger partial charge in [0.2, 0.25) is 5.78 Å². The van der Waals surface area contributed by atoms with Crippen molar-refractivity contribution in [2.24, 2.45) is 10.2 Å². The number of nitrogens with zero attached hydrogens (tertiary/aromatic N) is 2. The molecule has 5 rings (SSSR count). The van der Waals surface area contributed by atoms with E-state index in [1.54, 1.807) is 24.3 Å². The van der Waals surface area contributed by atoms with E-state index >= 15 is 0 Å². The number of rotatable bonds is 6. The van der Waals surface area contributed by atoms with Gasteiger partial charge in [-0.15, -0.1) is 0 Å². The van der Waals surface area contributed by atoms with Gasteiger partial charge in [0.25, 0.3) is 10.1 Å². The van der Waals surface area contributed by atoms with Crippen LogP contribution < -0.4 is 85.9 Å². The Balaban J connectivity index is 0.00000253. The van der Waals surface area contributed by atoms with Crippen molar-refractivity contribution in [3.05, 3.63) is 94.1 Å². The maximum absolute atomic E-state index is 13.1. The number of hydrazone groups is 2. The third-order valence-corrected chi connectivity index (χ3v) is 7.01. The van der Waals surface area contributed by atoms with Crippen molar-refractivity contribution in [3.8, 4) is 0 Å². The summed E-state index contributed by atoms with van der Waals surface area (Å²) in [7, 11) is -4.83. The van der Waals surface area contributed by atoms with Gasteiger partial charge in [0, 0.05) is 27.6 Å². The van der Waals surface area contributed by atoms with Crippen LogP contribution in [0.25, 0.3) is 16.8 Å². The van der Waals surface area contributed by atoms with Gasteiger partial charge in [0.15, 0.2) is 11.5 Å². The Morgan fingerprint density at radius 3 is 2.09 bits per heavy atom. The van der Waals surface area contributed by atoms with E-state index < -0.39 is 49.6 Å². The number of anilines is 3. The fourth-order valence-electron chi connectivity index (χ4n) is 4.21. The molecular weight excluding hydrogens is 600 g/mol. The van der Waals surface area contributed by atoms with Gasteiger partial charge in [-0.1, -0.05) is 36.1 Å². The van der Waals surface area contributed by atoms with Gasteiger partial charge in [-0.3, -0.25) is 25.0 Å². The number of nitrogen functional groups attached to an aromatic ring is 1. The van der Waals surface area contributed by atoms with Gasteiger partial charge in [-0.05, 0) is 48.1 Å². The van der Waals surface area contributed by atoms with Crippen molar-refractivity contribution < 1.29 is 96.7 Å². The van der Waals surface area contributed by atoms with Crippen molar-refractivity contribution in [3.63, 3.8) is 0 Å². The number of carboxylic acids is 1. The fraction of sp³-hybridized carbons (Fsp3) is 0. The van der Waals surface area contributed by atoms with Crippen LogP contribution in [0.3, 0.4) is 0 Å². The number of nitrogens with two attached hydrogens (primary N) is 1. The molecule has 0 aliphatic heterocycles. The normalized spacial score (nSPS) is 16.3. The first-order valence-electron chi connectivity index (χ1n) is 11.6. The summed E-state index contributed by atoms with van der Waals surface area (Å²) in [6.45, 7) is 0. The second kappa shape index (κ2) is 13.4. The molecule has 0 bridgehead atoms. The minimum absolute atomic E-state index is 0. The Morgan fingerprint density at radius 1 is 0.907 bits per heavy atom. The number of Topliss-reactive ketones (excluding diaryl/α,β-unsaturated/α-hetero) is 1. The molecule has 0 saturated carbocycles. The summed E-state index contributed by atoms with van der Waals surface area (Å²) >= 11 is 0. The number of carbonyl (C=O) groups is 3. The maximum atomic E-state index is 13.1.